The second-order valence-corrected chi connectivity index (χ2v) is 9.58. The van der Waals surface area contributed by atoms with Gasteiger partial charge in [0.2, 0.25) is 0 Å². The smallest absolute Gasteiger partial charge is 0.316 e. The van der Waals surface area contributed by atoms with Crippen LogP contribution in [-0.2, 0) is 16.1 Å². The quantitative estimate of drug-likeness (QED) is 0.584. The predicted octanol–water partition coefficient (Wildman–Crippen LogP) is 3.42. The van der Waals surface area contributed by atoms with E-state index in [0.29, 0.717) is 23.8 Å². The molecule has 182 valence electrons. The standard InChI is InChI=1S/C24H29Cl2N5O3/c1-16(32)34-23-15-31(21-7-6-19(26)12-20(21)28-24(27)33)14-22(23)30-10-8-29(9-11-30)13-17-2-4-18(25)5-3-17/h2-7,12,22-23H,8-11,13-15H2,1H3,(H3,27,28,33). The van der Waals surface area contributed by atoms with E-state index in [1.807, 2.05) is 18.2 Å². The lowest BCUT2D eigenvalue weighted by Gasteiger charge is -2.39. The number of anilines is 2. The third-order valence-electron chi connectivity index (χ3n) is 6.31. The van der Waals surface area contributed by atoms with Gasteiger partial charge in [0.1, 0.15) is 6.10 Å². The summed E-state index contributed by atoms with van der Waals surface area (Å²) in [6, 6.07) is 12.6. The molecule has 8 nitrogen and oxygen atoms in total. The number of ether oxygens (including phenoxy) is 1. The fourth-order valence-electron chi connectivity index (χ4n) is 4.75. The van der Waals surface area contributed by atoms with Crippen LogP contribution in [0.5, 0.6) is 0 Å². The van der Waals surface area contributed by atoms with Crippen molar-refractivity contribution >= 4 is 46.6 Å². The molecule has 0 aromatic heterocycles. The fraction of sp³-hybridized carbons (Fsp3) is 0.417. The van der Waals surface area contributed by atoms with Gasteiger partial charge in [-0.1, -0.05) is 35.3 Å². The Morgan fingerprint density at radius 3 is 2.35 bits per heavy atom. The van der Waals surface area contributed by atoms with E-state index in [-0.39, 0.29) is 18.1 Å². The first kappa shape index (κ1) is 24.6. The highest BCUT2D eigenvalue weighted by Crippen LogP contribution is 2.33. The minimum Gasteiger partial charge on any atom is -0.459 e. The molecule has 2 fully saturated rings. The van der Waals surface area contributed by atoms with Crippen LogP contribution in [0.25, 0.3) is 0 Å². The molecule has 2 atom stereocenters. The minimum absolute atomic E-state index is 0.0405. The van der Waals surface area contributed by atoms with Crippen LogP contribution in [0.3, 0.4) is 0 Å². The monoisotopic (exact) mass is 505 g/mol. The van der Waals surface area contributed by atoms with Crippen LogP contribution < -0.4 is 16.0 Å². The highest BCUT2D eigenvalue weighted by atomic mass is 35.5. The van der Waals surface area contributed by atoms with Crippen LogP contribution in [-0.4, -0.2) is 73.2 Å². The second-order valence-electron chi connectivity index (χ2n) is 8.71. The predicted molar refractivity (Wildman–Crippen MR) is 135 cm³/mol. The first-order chi connectivity index (χ1) is 16.3. The van der Waals surface area contributed by atoms with Gasteiger partial charge in [-0.3, -0.25) is 14.6 Å². The van der Waals surface area contributed by atoms with Gasteiger partial charge in [-0.05, 0) is 35.9 Å². The molecule has 2 aliphatic rings. The van der Waals surface area contributed by atoms with E-state index >= 15 is 0 Å². The maximum Gasteiger partial charge on any atom is 0.316 e. The lowest BCUT2D eigenvalue weighted by Crippen LogP contribution is -2.54. The SMILES string of the molecule is CC(=O)OC1CN(c2ccc(Cl)cc2NC(N)=O)CC1N1CCN(Cc2ccc(Cl)cc2)CC1. The molecule has 34 heavy (non-hydrogen) atoms. The minimum atomic E-state index is -0.660. The Morgan fingerprint density at radius 2 is 1.71 bits per heavy atom. The number of esters is 1. The molecule has 2 unspecified atom stereocenters. The first-order valence-corrected chi connectivity index (χ1v) is 12.0. The number of carbonyl (C=O) groups is 2. The Labute approximate surface area is 209 Å². The normalized spacial score (nSPS) is 21.4. The van der Waals surface area contributed by atoms with E-state index in [1.54, 1.807) is 12.1 Å². The number of rotatable bonds is 6. The summed E-state index contributed by atoms with van der Waals surface area (Å²) in [6.07, 6.45) is -0.280. The molecule has 0 saturated carbocycles. The van der Waals surface area contributed by atoms with Gasteiger partial charge in [0.15, 0.2) is 0 Å². The Hall–Kier alpha value is -2.52. The average Bonchev–Trinajstić information content (AvgIpc) is 3.18. The zero-order valence-electron chi connectivity index (χ0n) is 19.0. The van der Waals surface area contributed by atoms with E-state index < -0.39 is 6.03 Å². The Morgan fingerprint density at radius 1 is 1.03 bits per heavy atom. The topological polar surface area (TPSA) is 91.1 Å². The van der Waals surface area contributed by atoms with Gasteiger partial charge in [0, 0.05) is 56.2 Å². The summed E-state index contributed by atoms with van der Waals surface area (Å²) in [6.45, 7) is 7.07. The van der Waals surface area contributed by atoms with Crippen LogP contribution in [0.1, 0.15) is 12.5 Å². The van der Waals surface area contributed by atoms with Gasteiger partial charge in [-0.25, -0.2) is 4.79 Å². The molecule has 3 N–H and O–H groups in total. The number of nitrogens with two attached hydrogens (primary N) is 1. The number of carbonyl (C=O) groups excluding carboxylic acids is 2. The maximum atomic E-state index is 11.8. The third-order valence-corrected chi connectivity index (χ3v) is 6.79. The van der Waals surface area contributed by atoms with Crippen LogP contribution in [0.4, 0.5) is 16.2 Å². The largest absolute Gasteiger partial charge is 0.459 e. The van der Waals surface area contributed by atoms with Gasteiger partial charge < -0.3 is 20.7 Å². The molecule has 0 spiro atoms. The van der Waals surface area contributed by atoms with E-state index in [1.165, 1.54) is 12.5 Å². The summed E-state index contributed by atoms with van der Waals surface area (Å²) in [5.74, 6) is -0.301. The number of hydrogen-bond acceptors (Lipinski definition) is 6. The van der Waals surface area contributed by atoms with E-state index in [9.17, 15) is 9.59 Å². The third kappa shape index (κ3) is 6.13. The highest BCUT2D eigenvalue weighted by Gasteiger charge is 2.40. The number of amides is 2. The molecule has 10 heteroatoms. The summed E-state index contributed by atoms with van der Waals surface area (Å²) in [4.78, 5) is 30.3. The van der Waals surface area contributed by atoms with Crippen molar-refractivity contribution in [3.8, 4) is 0 Å². The number of nitrogens with one attached hydrogen (secondary N) is 1. The highest BCUT2D eigenvalue weighted by molar-refractivity contribution is 6.31. The Bertz CT molecular complexity index is 1030. The van der Waals surface area contributed by atoms with Crippen LogP contribution in [0.15, 0.2) is 42.5 Å². The molecule has 2 amide bonds. The molecule has 2 aromatic carbocycles. The van der Waals surface area contributed by atoms with Crippen molar-refractivity contribution in [2.75, 3.05) is 49.5 Å². The number of hydrogen-bond donors (Lipinski definition) is 2. The summed E-state index contributed by atoms with van der Waals surface area (Å²) < 4.78 is 5.72. The summed E-state index contributed by atoms with van der Waals surface area (Å²) >= 11 is 12.1. The van der Waals surface area contributed by atoms with Crippen LogP contribution in [0.2, 0.25) is 10.0 Å². The summed E-state index contributed by atoms with van der Waals surface area (Å²) in [7, 11) is 0. The number of nitrogens with zero attached hydrogens (tertiary/aromatic N) is 3. The molecule has 2 aromatic rings. The summed E-state index contributed by atoms with van der Waals surface area (Å²) in [5, 5.41) is 3.89. The van der Waals surface area contributed by atoms with E-state index in [4.69, 9.17) is 33.7 Å². The van der Waals surface area contributed by atoms with E-state index in [0.717, 1.165) is 43.4 Å². The molecule has 0 bridgehead atoms. The molecule has 4 rings (SSSR count). The van der Waals surface area contributed by atoms with Gasteiger partial charge >= 0.3 is 12.0 Å². The lowest BCUT2D eigenvalue weighted by molar-refractivity contribution is -0.148. The zero-order valence-corrected chi connectivity index (χ0v) is 20.6. The average molecular weight is 506 g/mol. The molecule has 2 saturated heterocycles. The van der Waals surface area contributed by atoms with Crippen molar-refractivity contribution in [2.45, 2.75) is 25.6 Å². The van der Waals surface area contributed by atoms with Gasteiger partial charge in [0.05, 0.1) is 24.0 Å². The van der Waals surface area contributed by atoms with Crippen molar-refractivity contribution in [1.29, 1.82) is 0 Å². The van der Waals surface area contributed by atoms with Crippen LogP contribution >= 0.6 is 23.2 Å². The van der Waals surface area contributed by atoms with Crippen molar-refractivity contribution in [1.82, 2.24) is 9.80 Å². The molecular formula is C24H29Cl2N5O3. The van der Waals surface area contributed by atoms with Crippen molar-refractivity contribution in [3.63, 3.8) is 0 Å². The zero-order chi connectivity index (χ0) is 24.2. The van der Waals surface area contributed by atoms with Gasteiger partial charge in [-0.2, -0.15) is 0 Å². The van der Waals surface area contributed by atoms with Gasteiger partial charge in [-0.15, -0.1) is 0 Å². The van der Waals surface area contributed by atoms with Crippen LogP contribution in [0, 0.1) is 0 Å². The van der Waals surface area contributed by atoms with Crippen molar-refractivity contribution < 1.29 is 14.3 Å². The maximum absolute atomic E-state index is 11.8. The number of urea groups is 1. The molecule has 2 heterocycles. The first-order valence-electron chi connectivity index (χ1n) is 11.3. The van der Waals surface area contributed by atoms with Gasteiger partial charge in [0.25, 0.3) is 0 Å². The fourth-order valence-corrected chi connectivity index (χ4v) is 5.05. The second kappa shape index (κ2) is 10.8. The Kier molecular flexibility index (Phi) is 7.83. The van der Waals surface area contributed by atoms with E-state index in [2.05, 4.69) is 32.1 Å². The Balaban J connectivity index is 1.44. The molecule has 0 aliphatic carbocycles. The lowest BCUT2D eigenvalue weighted by atomic mass is 10.1. The molecule has 0 radical (unpaired) electrons. The van der Waals surface area contributed by atoms with Crippen molar-refractivity contribution in [3.05, 3.63) is 58.1 Å². The number of halogens is 2. The number of primary amides is 1. The number of benzene rings is 2. The van der Waals surface area contributed by atoms with Crippen molar-refractivity contribution in [2.24, 2.45) is 5.73 Å². The molecule has 2 aliphatic heterocycles. The summed E-state index contributed by atoms with van der Waals surface area (Å²) in [5.41, 5.74) is 7.92. The number of piperazine rings is 1. The molecular weight excluding hydrogens is 477 g/mol.